The number of rotatable bonds is 9. The summed E-state index contributed by atoms with van der Waals surface area (Å²) < 4.78 is 16.3. The lowest BCUT2D eigenvalue weighted by Gasteiger charge is -2.19. The van der Waals surface area contributed by atoms with E-state index in [2.05, 4.69) is 0 Å². The van der Waals surface area contributed by atoms with Crippen molar-refractivity contribution in [3.63, 3.8) is 0 Å². The van der Waals surface area contributed by atoms with Crippen LogP contribution >= 0.6 is 0 Å². The van der Waals surface area contributed by atoms with Crippen LogP contribution in [-0.4, -0.2) is 53.3 Å². The van der Waals surface area contributed by atoms with Gasteiger partial charge >= 0.3 is 0 Å². The van der Waals surface area contributed by atoms with Crippen LogP contribution in [0.3, 0.4) is 0 Å². The number of methoxy groups -OCH3 is 3. The Balaban J connectivity index is 2.07. The normalized spacial score (nSPS) is 10.6. The number of Topliss-reactive ketones (excluding diaryl/α,β-unsaturated/α-hetero) is 2. The lowest BCUT2D eigenvalue weighted by Crippen LogP contribution is -2.17. The van der Waals surface area contributed by atoms with Gasteiger partial charge in [0.05, 0.1) is 26.9 Å². The van der Waals surface area contributed by atoms with Gasteiger partial charge in [0.25, 0.3) is 0 Å². The van der Waals surface area contributed by atoms with Gasteiger partial charge in [-0.05, 0) is 54.3 Å². The summed E-state index contributed by atoms with van der Waals surface area (Å²) in [6.45, 7) is 0. The number of ketones is 2. The monoisotopic (exact) mass is 468 g/mol. The van der Waals surface area contributed by atoms with Crippen LogP contribution in [0, 0.1) is 0 Å². The van der Waals surface area contributed by atoms with Gasteiger partial charge < -0.3 is 34.6 Å². The number of aromatic hydroxyl groups is 4. The number of hydrogen-bond acceptors (Lipinski definition) is 9. The number of aryl methyl sites for hydroxylation is 2. The van der Waals surface area contributed by atoms with Crippen LogP contribution in [0.2, 0.25) is 0 Å². The second kappa shape index (κ2) is 10.0. The molecule has 3 aromatic rings. The van der Waals surface area contributed by atoms with E-state index in [0.717, 1.165) is 18.2 Å². The van der Waals surface area contributed by atoms with Crippen molar-refractivity contribution >= 4 is 11.6 Å². The first kappa shape index (κ1) is 24.2. The van der Waals surface area contributed by atoms with Crippen LogP contribution in [0.4, 0.5) is 0 Å². The molecule has 0 fully saturated rings. The lowest BCUT2D eigenvalue weighted by molar-refractivity contribution is 0.0814. The Hall–Kier alpha value is -4.40. The van der Waals surface area contributed by atoms with Gasteiger partial charge in [-0.2, -0.15) is 0 Å². The number of phenolic OH excluding ortho intramolecular Hbond substituents is 4. The first-order valence-electron chi connectivity index (χ1n) is 10.1. The average Bonchev–Trinajstić information content (AvgIpc) is 2.79. The zero-order valence-electron chi connectivity index (χ0n) is 18.8. The van der Waals surface area contributed by atoms with E-state index in [-0.39, 0.29) is 45.6 Å². The molecule has 0 saturated heterocycles. The maximum atomic E-state index is 13.2. The summed E-state index contributed by atoms with van der Waals surface area (Å²) in [4.78, 5) is 26.1. The minimum absolute atomic E-state index is 0.0131. The molecule has 3 aromatic carbocycles. The Labute approximate surface area is 195 Å². The smallest absolute Gasteiger partial charge is 0.237 e. The Morgan fingerprint density at radius 1 is 0.618 bits per heavy atom. The molecule has 0 unspecified atom stereocenters. The highest BCUT2D eigenvalue weighted by Crippen LogP contribution is 2.44. The molecule has 0 aliphatic carbocycles. The Bertz CT molecular complexity index is 1210. The molecule has 0 bridgehead atoms. The van der Waals surface area contributed by atoms with Crippen molar-refractivity contribution in [3.05, 3.63) is 64.7 Å². The zero-order chi connectivity index (χ0) is 25.0. The highest BCUT2D eigenvalue weighted by Gasteiger charge is 2.29. The number of benzene rings is 3. The summed E-state index contributed by atoms with van der Waals surface area (Å²) in [7, 11) is 4.10. The van der Waals surface area contributed by atoms with Crippen molar-refractivity contribution < 1.29 is 44.2 Å². The first-order chi connectivity index (χ1) is 16.2. The average molecular weight is 468 g/mol. The van der Waals surface area contributed by atoms with Crippen LogP contribution in [0.1, 0.15) is 31.8 Å². The van der Waals surface area contributed by atoms with Crippen molar-refractivity contribution in [2.24, 2.45) is 0 Å². The van der Waals surface area contributed by atoms with E-state index in [1.807, 2.05) is 0 Å². The quantitative estimate of drug-likeness (QED) is 0.274. The molecule has 34 heavy (non-hydrogen) atoms. The summed E-state index contributed by atoms with van der Waals surface area (Å²) in [6.07, 6.45) is 0.656. The molecule has 0 amide bonds. The highest BCUT2D eigenvalue weighted by molar-refractivity contribution is 6.50. The minimum Gasteiger partial charge on any atom is -0.508 e. The SMILES string of the molecule is COc1c(CCc2cc(O)cc(O)c2)cc(C(=O)C(=O)c2cc(O)cc(O)c2)c(OC)c1OC. The molecule has 3 rings (SSSR count). The van der Waals surface area contributed by atoms with Crippen LogP contribution < -0.4 is 14.2 Å². The second-order valence-electron chi connectivity index (χ2n) is 7.44. The third kappa shape index (κ3) is 4.98. The van der Waals surface area contributed by atoms with Gasteiger partial charge in [0.2, 0.25) is 17.3 Å². The van der Waals surface area contributed by atoms with E-state index in [0.29, 0.717) is 29.7 Å². The van der Waals surface area contributed by atoms with Crippen molar-refractivity contribution in [3.8, 4) is 40.2 Å². The number of ether oxygens (including phenoxy) is 3. The van der Waals surface area contributed by atoms with Crippen LogP contribution in [0.5, 0.6) is 40.2 Å². The molecule has 0 heterocycles. The van der Waals surface area contributed by atoms with E-state index in [9.17, 15) is 30.0 Å². The molecule has 0 atom stereocenters. The molecule has 178 valence electrons. The molecule has 0 spiro atoms. The molecule has 9 nitrogen and oxygen atoms in total. The van der Waals surface area contributed by atoms with E-state index < -0.39 is 11.6 Å². The molecule has 0 aromatic heterocycles. The van der Waals surface area contributed by atoms with Crippen molar-refractivity contribution in [1.82, 2.24) is 0 Å². The van der Waals surface area contributed by atoms with E-state index in [4.69, 9.17) is 14.2 Å². The predicted octanol–water partition coefficient (Wildman–Crippen LogP) is 3.39. The summed E-state index contributed by atoms with van der Waals surface area (Å²) in [6, 6.07) is 8.84. The predicted molar refractivity (Wildman–Crippen MR) is 122 cm³/mol. The minimum atomic E-state index is -0.972. The van der Waals surface area contributed by atoms with Crippen molar-refractivity contribution in [1.29, 1.82) is 0 Å². The van der Waals surface area contributed by atoms with E-state index in [1.165, 1.54) is 45.6 Å². The third-order valence-electron chi connectivity index (χ3n) is 5.14. The van der Waals surface area contributed by atoms with Crippen LogP contribution in [-0.2, 0) is 12.8 Å². The Morgan fingerprint density at radius 2 is 1.12 bits per heavy atom. The third-order valence-corrected chi connectivity index (χ3v) is 5.14. The molecule has 0 aliphatic rings. The van der Waals surface area contributed by atoms with Crippen LogP contribution in [0.25, 0.3) is 0 Å². The summed E-state index contributed by atoms with van der Waals surface area (Å²) in [5.41, 5.74) is 0.851. The standard InChI is InChI=1S/C25H24O9/c1-32-23-14(5-4-13-6-16(26)11-17(27)7-13)10-20(24(33-2)25(23)34-3)22(31)21(30)15-8-18(28)12-19(29)9-15/h6-12,26-29H,4-5H2,1-3H3. The molecular weight excluding hydrogens is 444 g/mol. The Morgan fingerprint density at radius 3 is 1.62 bits per heavy atom. The zero-order valence-corrected chi connectivity index (χ0v) is 18.8. The Kier molecular flexibility index (Phi) is 7.15. The van der Waals surface area contributed by atoms with Gasteiger partial charge in [0.1, 0.15) is 23.0 Å². The fourth-order valence-electron chi connectivity index (χ4n) is 3.70. The van der Waals surface area contributed by atoms with Gasteiger partial charge in [0, 0.05) is 17.7 Å². The van der Waals surface area contributed by atoms with Gasteiger partial charge in [-0.1, -0.05) is 0 Å². The van der Waals surface area contributed by atoms with Gasteiger partial charge in [-0.3, -0.25) is 9.59 Å². The fraction of sp³-hybridized carbons (Fsp3) is 0.200. The van der Waals surface area contributed by atoms with Crippen LogP contribution in [0.15, 0.2) is 42.5 Å². The number of carbonyl (C=O) groups is 2. The molecule has 4 N–H and O–H groups in total. The molecular formula is C25H24O9. The van der Waals surface area contributed by atoms with Crippen molar-refractivity contribution in [2.75, 3.05) is 21.3 Å². The van der Waals surface area contributed by atoms with Gasteiger partial charge in [-0.15, -0.1) is 0 Å². The maximum absolute atomic E-state index is 13.2. The first-order valence-corrected chi connectivity index (χ1v) is 10.1. The van der Waals surface area contributed by atoms with Gasteiger partial charge in [-0.25, -0.2) is 0 Å². The highest BCUT2D eigenvalue weighted by atomic mass is 16.5. The fourth-order valence-corrected chi connectivity index (χ4v) is 3.70. The van der Waals surface area contributed by atoms with E-state index in [1.54, 1.807) is 0 Å². The summed E-state index contributed by atoms with van der Waals surface area (Å²) in [5, 5.41) is 38.8. The van der Waals surface area contributed by atoms with Crippen molar-refractivity contribution in [2.45, 2.75) is 12.8 Å². The molecule has 0 saturated carbocycles. The molecule has 0 aliphatic heterocycles. The number of hydrogen-bond donors (Lipinski definition) is 4. The molecule has 0 radical (unpaired) electrons. The largest absolute Gasteiger partial charge is 0.508 e. The summed E-state index contributed by atoms with van der Waals surface area (Å²) in [5.74, 6) is -2.45. The second-order valence-corrected chi connectivity index (χ2v) is 7.44. The summed E-state index contributed by atoms with van der Waals surface area (Å²) >= 11 is 0. The number of phenols is 4. The maximum Gasteiger partial charge on any atom is 0.237 e. The van der Waals surface area contributed by atoms with E-state index >= 15 is 0 Å². The van der Waals surface area contributed by atoms with Gasteiger partial charge in [0.15, 0.2) is 11.5 Å². The molecule has 9 heteroatoms. The topological polar surface area (TPSA) is 143 Å². The lowest BCUT2D eigenvalue weighted by atomic mass is 9.95. The number of carbonyl (C=O) groups excluding carboxylic acids is 2.